The van der Waals surface area contributed by atoms with Gasteiger partial charge in [-0.3, -0.25) is 57.7 Å². The number of methoxy groups -OCH3 is 2. The van der Waals surface area contributed by atoms with Crippen molar-refractivity contribution in [1.82, 2.24) is 51.5 Å². The molecule has 2 aliphatic rings. The van der Waals surface area contributed by atoms with Crippen molar-refractivity contribution in [3.8, 4) is 0 Å². The van der Waals surface area contributed by atoms with Crippen LogP contribution in [-0.2, 0) is 68.8 Å². The molecule has 2 aliphatic heterocycles. The molecule has 0 aliphatic carbocycles. The smallest absolute Gasteiger partial charge is 0.410 e. The minimum absolute atomic E-state index is 0.0229. The number of likely N-dealkylation sites (N-methyl/N-ethyl adjacent to an activating group) is 2. The molecule has 0 saturated carbocycles. The first-order valence-corrected chi connectivity index (χ1v) is 32.1. The quantitative estimate of drug-likeness (QED) is 0.0350. The number of ether oxygens (including phenoxy) is 3. The molecule has 0 radical (unpaired) electrons. The number of carbonyl (C=O) groups excluding carboxylic acids is 12. The highest BCUT2D eigenvalue weighted by Gasteiger charge is 2.44. The summed E-state index contributed by atoms with van der Waals surface area (Å²) in [6.07, 6.45) is 0.646. The van der Waals surface area contributed by atoms with Gasteiger partial charge in [0.2, 0.25) is 47.3 Å². The van der Waals surface area contributed by atoms with Crippen LogP contribution < -0.4 is 43.0 Å². The second-order valence-electron chi connectivity index (χ2n) is 24.9. The molecule has 10 N–H and O–H groups in total. The molecule has 13 amide bonds. The minimum atomic E-state index is -1.20. The summed E-state index contributed by atoms with van der Waals surface area (Å²) < 4.78 is 17.7. The summed E-state index contributed by atoms with van der Waals surface area (Å²) in [5.41, 5.74) is 6.65. The molecule has 4 rings (SSSR count). The molecule has 2 aromatic carbocycles. The van der Waals surface area contributed by atoms with E-state index in [1.54, 1.807) is 77.8 Å². The van der Waals surface area contributed by atoms with Gasteiger partial charge in [0.1, 0.15) is 36.8 Å². The van der Waals surface area contributed by atoms with Gasteiger partial charge in [-0.2, -0.15) is 0 Å². The molecule has 28 nitrogen and oxygen atoms in total. The van der Waals surface area contributed by atoms with Crippen LogP contribution in [0.1, 0.15) is 131 Å². The van der Waals surface area contributed by atoms with Crippen LogP contribution in [0.25, 0.3) is 0 Å². The Balaban J connectivity index is 1.37. The molecule has 0 unspecified atom stereocenters. The number of anilines is 1. The van der Waals surface area contributed by atoms with Crippen molar-refractivity contribution in [2.45, 2.75) is 187 Å². The van der Waals surface area contributed by atoms with E-state index in [1.165, 1.54) is 52.1 Å². The largest absolute Gasteiger partial charge is 0.445 e. The molecule has 1 saturated heterocycles. The molecular formula is C66H100N12O16. The standard InChI is InChI=1S/C66H100N12O16/c1-15-39(6)56(49(92-13)35-53(82)77-33-20-24-48(77)58(93-14)40(7)59(84)70-41(8)57(83)45-21-17-16-18-22-45)75(11)64(89)54(37(2)3)74-63(88)55(38(4)5)76(12)66(91)94-36-44-25-27-46(28-26-44)72-62(87)47(23-19-32-68-65(67)90)73-61(86)43(10)71-60(85)42(9)69-50(79)31-34-78-51(80)29-30-52(78)81/h16-18,21-22,25-30,37-43,47-49,54-58,83H,15,19-20,23-24,31-36H2,1-14H3,(H,69,79)(H,70,84)(H,71,85)(H,72,87)(H,73,86)(H,74,88)(H3,67,68,90)/t39-,40+,41+,42+,43-,47-,48-,49+,54-,55-,56-,57+,58+/m0/s1. The third-order valence-corrected chi connectivity index (χ3v) is 17.3. The van der Waals surface area contributed by atoms with Crippen LogP contribution in [-0.4, -0.2) is 204 Å². The number of aliphatic hydroxyl groups excluding tert-OH is 1. The minimum Gasteiger partial charge on any atom is -0.445 e. The zero-order chi connectivity index (χ0) is 70.3. The molecule has 13 atom stereocenters. The van der Waals surface area contributed by atoms with Gasteiger partial charge in [0, 0.05) is 72.2 Å². The Labute approximate surface area is 551 Å². The van der Waals surface area contributed by atoms with Gasteiger partial charge in [0.15, 0.2) is 0 Å². The number of rotatable bonds is 36. The van der Waals surface area contributed by atoms with Crippen LogP contribution in [0.4, 0.5) is 15.3 Å². The molecule has 2 heterocycles. The van der Waals surface area contributed by atoms with Gasteiger partial charge in [-0.15, -0.1) is 0 Å². The fourth-order valence-electron chi connectivity index (χ4n) is 11.6. The number of amides is 13. The van der Waals surface area contributed by atoms with Crippen molar-refractivity contribution >= 4 is 76.9 Å². The van der Waals surface area contributed by atoms with Crippen molar-refractivity contribution in [2.75, 3.05) is 53.3 Å². The second-order valence-corrected chi connectivity index (χ2v) is 24.9. The fourth-order valence-corrected chi connectivity index (χ4v) is 11.6. The number of urea groups is 1. The summed E-state index contributed by atoms with van der Waals surface area (Å²) in [7, 11) is 6.04. The molecule has 0 aromatic heterocycles. The summed E-state index contributed by atoms with van der Waals surface area (Å²) in [6.45, 7) is 17.3. The average Bonchev–Trinajstić information content (AvgIpc) is 1.29. The molecule has 2 aromatic rings. The number of imide groups is 1. The lowest BCUT2D eigenvalue weighted by Gasteiger charge is -2.41. The third kappa shape index (κ3) is 22.3. The van der Waals surface area contributed by atoms with Gasteiger partial charge < -0.3 is 72.1 Å². The van der Waals surface area contributed by atoms with Crippen molar-refractivity contribution in [3.63, 3.8) is 0 Å². The lowest BCUT2D eigenvalue weighted by molar-refractivity contribution is -0.148. The van der Waals surface area contributed by atoms with Crippen LogP contribution in [0.3, 0.4) is 0 Å². The van der Waals surface area contributed by atoms with E-state index in [0.717, 1.165) is 22.0 Å². The Morgan fingerprint density at radius 2 is 1.34 bits per heavy atom. The van der Waals surface area contributed by atoms with Crippen LogP contribution >= 0.6 is 0 Å². The number of aliphatic hydroxyl groups is 1. The number of nitrogens with two attached hydrogens (primary N) is 1. The summed E-state index contributed by atoms with van der Waals surface area (Å²) in [5.74, 6) is -7.28. The zero-order valence-electron chi connectivity index (χ0n) is 56.7. The Kier molecular flexibility index (Phi) is 31.0. The molecule has 94 heavy (non-hydrogen) atoms. The normalized spacial score (nSPS) is 17.6. The maximum Gasteiger partial charge on any atom is 0.410 e. The van der Waals surface area contributed by atoms with E-state index in [4.69, 9.17) is 19.9 Å². The Hall–Kier alpha value is -8.50. The van der Waals surface area contributed by atoms with Crippen molar-refractivity contribution in [3.05, 3.63) is 77.9 Å². The third-order valence-electron chi connectivity index (χ3n) is 17.3. The Bertz CT molecular complexity index is 2950. The van der Waals surface area contributed by atoms with Crippen molar-refractivity contribution < 1.29 is 76.9 Å². The highest BCUT2D eigenvalue weighted by Crippen LogP contribution is 2.30. The van der Waals surface area contributed by atoms with Gasteiger partial charge >= 0.3 is 12.1 Å². The number of primary amides is 1. The number of likely N-dealkylation sites (tertiary alicyclic amines) is 1. The first-order chi connectivity index (χ1) is 44.4. The van der Waals surface area contributed by atoms with Crippen LogP contribution in [0.5, 0.6) is 0 Å². The van der Waals surface area contributed by atoms with E-state index in [-0.39, 0.29) is 63.1 Å². The lowest BCUT2D eigenvalue weighted by atomic mass is 9.89. The van der Waals surface area contributed by atoms with Gasteiger partial charge in [-0.1, -0.05) is 97.4 Å². The van der Waals surface area contributed by atoms with Crippen LogP contribution in [0.15, 0.2) is 66.7 Å². The van der Waals surface area contributed by atoms with E-state index < -0.39 is 144 Å². The SMILES string of the molecule is CC[C@H](C)[C@@H]([C@@H](CC(=O)N1CCC[C@H]1[C@H](OC)[C@@H](C)C(=O)N[C@H](C)[C@@H](O)c1ccccc1)OC)N(C)C(=O)[C@@H](NC(=O)[C@H](C(C)C)N(C)C(=O)OCc1ccc(NC(=O)[C@H](CCCNC(N)=O)NC(=O)[C@H](C)NC(=O)[C@@H](C)NC(=O)CCN2C(=O)C=CC2=O)cc1)C(C)C. The van der Waals surface area contributed by atoms with E-state index >= 15 is 0 Å². The van der Waals surface area contributed by atoms with Gasteiger partial charge in [0.25, 0.3) is 11.8 Å². The first kappa shape index (κ1) is 77.9. The second kappa shape index (κ2) is 37.4. The highest BCUT2D eigenvalue weighted by atomic mass is 16.6. The average molecular weight is 1320 g/mol. The van der Waals surface area contributed by atoms with Crippen molar-refractivity contribution in [1.29, 1.82) is 0 Å². The van der Waals surface area contributed by atoms with E-state index in [9.17, 15) is 62.6 Å². The summed E-state index contributed by atoms with van der Waals surface area (Å²) in [4.78, 5) is 164. The number of hydrogen-bond donors (Lipinski definition) is 9. The molecular weight excluding hydrogens is 1220 g/mol. The highest BCUT2D eigenvalue weighted by molar-refractivity contribution is 6.13. The fraction of sp³-hybridized carbons (Fsp3) is 0.606. The number of nitrogens with one attached hydrogen (secondary N) is 7. The summed E-state index contributed by atoms with van der Waals surface area (Å²) in [5, 5.41) is 29.5. The van der Waals surface area contributed by atoms with Gasteiger partial charge in [-0.25, -0.2) is 9.59 Å². The number of benzene rings is 2. The van der Waals surface area contributed by atoms with E-state index in [0.29, 0.717) is 42.6 Å². The molecule has 520 valence electrons. The van der Waals surface area contributed by atoms with Gasteiger partial charge in [-0.05, 0) is 87.5 Å². The number of hydrogen-bond acceptors (Lipinski definition) is 16. The summed E-state index contributed by atoms with van der Waals surface area (Å²) >= 11 is 0. The maximum absolute atomic E-state index is 14.8. The maximum atomic E-state index is 14.8. The molecule has 0 bridgehead atoms. The molecule has 1 fully saturated rings. The predicted octanol–water partition coefficient (Wildman–Crippen LogP) is 2.78. The van der Waals surface area contributed by atoms with Crippen LogP contribution in [0.2, 0.25) is 0 Å². The van der Waals surface area contributed by atoms with E-state index in [2.05, 4.69) is 37.2 Å². The zero-order valence-corrected chi connectivity index (χ0v) is 56.7. The van der Waals surface area contributed by atoms with Crippen molar-refractivity contribution in [2.24, 2.45) is 29.4 Å². The molecule has 0 spiro atoms. The first-order valence-electron chi connectivity index (χ1n) is 32.1. The predicted molar refractivity (Wildman–Crippen MR) is 348 cm³/mol. The monoisotopic (exact) mass is 1320 g/mol. The Morgan fingerprint density at radius 3 is 1.91 bits per heavy atom. The number of nitrogens with zero attached hydrogens (tertiary/aromatic N) is 4. The summed E-state index contributed by atoms with van der Waals surface area (Å²) in [6, 6.07) is 7.10. The van der Waals surface area contributed by atoms with E-state index in [1.807, 2.05) is 32.0 Å². The lowest BCUT2D eigenvalue weighted by Crippen LogP contribution is -2.60. The number of carbonyl (C=O) groups is 12. The molecule has 28 heteroatoms. The van der Waals surface area contributed by atoms with Gasteiger partial charge in [0.05, 0.1) is 48.8 Å². The van der Waals surface area contributed by atoms with Crippen LogP contribution in [0, 0.1) is 23.7 Å². The Morgan fingerprint density at radius 1 is 0.723 bits per heavy atom. The topological polar surface area (TPSA) is 376 Å².